The van der Waals surface area contributed by atoms with Gasteiger partial charge in [-0.15, -0.1) is 0 Å². The molecule has 1 aliphatic carbocycles. The largest absolute Gasteiger partial charge is 0.393 e. The average molecular weight is 113 g/mol. The minimum atomic E-state index is -0.0521. The van der Waals surface area contributed by atoms with E-state index in [1.54, 1.807) is 0 Å². The van der Waals surface area contributed by atoms with Gasteiger partial charge in [0, 0.05) is 0 Å². The van der Waals surface area contributed by atoms with Crippen LogP contribution in [0.15, 0.2) is 0 Å². The maximum absolute atomic E-state index is 9.15. The molecule has 1 fully saturated rings. The first-order chi connectivity index (χ1) is 3.80. The molecule has 1 N–H and O–H groups in total. The second kappa shape index (κ2) is 2.49. The Morgan fingerprint density at radius 3 is 2.75 bits per heavy atom. The monoisotopic (exact) mass is 113 g/mol. The Bertz CT molecular complexity index is 60.8. The molecule has 47 valence electrons. The normalized spacial score (nSPS) is 39.8. The molecule has 0 unspecified atom stereocenters. The lowest BCUT2D eigenvalue weighted by atomic mass is 9.88. The minimum absolute atomic E-state index is 0.0521. The van der Waals surface area contributed by atoms with Gasteiger partial charge in [0.15, 0.2) is 0 Å². The number of aliphatic hydroxyl groups is 1. The van der Waals surface area contributed by atoms with Crippen LogP contribution in [-0.2, 0) is 0 Å². The Hall–Kier alpha value is -0.0400. The van der Waals surface area contributed by atoms with Gasteiger partial charge in [-0.3, -0.25) is 0 Å². The molecule has 0 saturated heterocycles. The fraction of sp³-hybridized carbons (Fsp3) is 0.857. The average Bonchev–Trinajstić information content (AvgIpc) is 1.77. The Labute approximate surface area is 50.7 Å². The summed E-state index contributed by atoms with van der Waals surface area (Å²) in [5.41, 5.74) is 0. The fourth-order valence-corrected chi connectivity index (χ4v) is 1.09. The Morgan fingerprint density at radius 1 is 1.62 bits per heavy atom. The molecule has 1 heteroatoms. The molecule has 0 spiro atoms. The summed E-state index contributed by atoms with van der Waals surface area (Å²) in [6, 6.07) is 0. The van der Waals surface area contributed by atoms with Gasteiger partial charge in [0.2, 0.25) is 0 Å². The van der Waals surface area contributed by atoms with Crippen molar-refractivity contribution in [2.24, 2.45) is 5.92 Å². The smallest absolute Gasteiger partial charge is 0.0568 e. The number of hydrogen-bond acceptors (Lipinski definition) is 1. The number of hydrogen-bond donors (Lipinski definition) is 1. The molecule has 2 atom stereocenters. The standard InChI is InChI=1S/C7H13O/c1-6-4-2-3-5-7(6)8/h3,6-8H,2,4-5H2,1H3/t6-,7-/m1/s1. The van der Waals surface area contributed by atoms with E-state index in [9.17, 15) is 0 Å². The van der Waals surface area contributed by atoms with E-state index < -0.39 is 0 Å². The Morgan fingerprint density at radius 2 is 2.38 bits per heavy atom. The summed E-state index contributed by atoms with van der Waals surface area (Å²) in [5, 5.41) is 9.15. The highest BCUT2D eigenvalue weighted by Gasteiger charge is 2.17. The highest BCUT2D eigenvalue weighted by Crippen LogP contribution is 2.22. The molecule has 8 heavy (non-hydrogen) atoms. The summed E-state index contributed by atoms with van der Waals surface area (Å²) in [5.74, 6) is 0.528. The number of aliphatic hydroxyl groups excluding tert-OH is 1. The first kappa shape index (κ1) is 6.09. The van der Waals surface area contributed by atoms with Gasteiger partial charge >= 0.3 is 0 Å². The van der Waals surface area contributed by atoms with Crippen LogP contribution in [0.3, 0.4) is 0 Å². The van der Waals surface area contributed by atoms with Crippen LogP contribution in [0.2, 0.25) is 0 Å². The van der Waals surface area contributed by atoms with E-state index in [0.29, 0.717) is 5.92 Å². The molecule has 1 saturated carbocycles. The highest BCUT2D eigenvalue weighted by atomic mass is 16.3. The van der Waals surface area contributed by atoms with Crippen LogP contribution in [0.5, 0.6) is 0 Å². The van der Waals surface area contributed by atoms with E-state index in [4.69, 9.17) is 5.11 Å². The zero-order chi connectivity index (χ0) is 5.98. The lowest BCUT2D eigenvalue weighted by Crippen LogP contribution is -2.21. The van der Waals surface area contributed by atoms with Crippen molar-refractivity contribution < 1.29 is 5.11 Å². The summed E-state index contributed by atoms with van der Waals surface area (Å²) in [6.45, 7) is 2.11. The van der Waals surface area contributed by atoms with Gasteiger partial charge in [-0.1, -0.05) is 6.92 Å². The molecule has 0 aliphatic heterocycles. The third kappa shape index (κ3) is 1.22. The SMILES string of the molecule is C[C@@H]1CC[CH]C[C@H]1O. The van der Waals surface area contributed by atoms with Crippen LogP contribution >= 0.6 is 0 Å². The van der Waals surface area contributed by atoms with Gasteiger partial charge in [0.05, 0.1) is 6.10 Å². The van der Waals surface area contributed by atoms with Crippen LogP contribution in [0.4, 0.5) is 0 Å². The van der Waals surface area contributed by atoms with E-state index in [1.165, 1.54) is 12.8 Å². The Balaban J connectivity index is 2.28. The topological polar surface area (TPSA) is 20.2 Å². The molecule has 0 aromatic carbocycles. The van der Waals surface area contributed by atoms with Gasteiger partial charge in [0.1, 0.15) is 0 Å². The van der Waals surface area contributed by atoms with Gasteiger partial charge in [-0.2, -0.15) is 0 Å². The van der Waals surface area contributed by atoms with Gasteiger partial charge in [-0.05, 0) is 31.6 Å². The van der Waals surface area contributed by atoms with Crippen molar-refractivity contribution in [1.82, 2.24) is 0 Å². The quantitative estimate of drug-likeness (QED) is 0.503. The van der Waals surface area contributed by atoms with E-state index in [2.05, 4.69) is 13.3 Å². The molecular weight excluding hydrogens is 100 g/mol. The zero-order valence-corrected chi connectivity index (χ0v) is 5.30. The highest BCUT2D eigenvalue weighted by molar-refractivity contribution is 4.80. The molecule has 1 radical (unpaired) electrons. The van der Waals surface area contributed by atoms with Crippen LogP contribution in [0.1, 0.15) is 26.2 Å². The third-order valence-corrected chi connectivity index (χ3v) is 1.89. The summed E-state index contributed by atoms with van der Waals surface area (Å²) in [4.78, 5) is 0. The first-order valence-corrected chi connectivity index (χ1v) is 3.30. The van der Waals surface area contributed by atoms with Crippen molar-refractivity contribution in [2.75, 3.05) is 0 Å². The molecule has 0 aromatic heterocycles. The van der Waals surface area contributed by atoms with Crippen molar-refractivity contribution in [3.8, 4) is 0 Å². The van der Waals surface area contributed by atoms with Crippen molar-refractivity contribution in [2.45, 2.75) is 32.3 Å². The van der Waals surface area contributed by atoms with E-state index in [-0.39, 0.29) is 6.10 Å². The lowest BCUT2D eigenvalue weighted by molar-refractivity contribution is 0.0962. The molecule has 0 heterocycles. The second-order valence-corrected chi connectivity index (χ2v) is 2.65. The predicted octanol–water partition coefficient (Wildman–Crippen LogP) is 1.37. The third-order valence-electron chi connectivity index (χ3n) is 1.89. The van der Waals surface area contributed by atoms with Gasteiger partial charge in [0.25, 0.3) is 0 Å². The predicted molar refractivity (Wildman–Crippen MR) is 33.3 cm³/mol. The van der Waals surface area contributed by atoms with Crippen molar-refractivity contribution in [1.29, 1.82) is 0 Å². The van der Waals surface area contributed by atoms with Gasteiger partial charge < -0.3 is 5.11 Å². The Kier molecular flexibility index (Phi) is 1.90. The van der Waals surface area contributed by atoms with Crippen molar-refractivity contribution in [3.63, 3.8) is 0 Å². The molecular formula is C7H13O. The van der Waals surface area contributed by atoms with Gasteiger partial charge in [-0.25, -0.2) is 0 Å². The summed E-state index contributed by atoms with van der Waals surface area (Å²) >= 11 is 0. The van der Waals surface area contributed by atoms with Crippen molar-refractivity contribution >= 4 is 0 Å². The fourth-order valence-electron chi connectivity index (χ4n) is 1.09. The molecule has 0 bridgehead atoms. The van der Waals surface area contributed by atoms with Crippen LogP contribution < -0.4 is 0 Å². The molecule has 0 amide bonds. The van der Waals surface area contributed by atoms with Crippen LogP contribution in [0.25, 0.3) is 0 Å². The summed E-state index contributed by atoms with van der Waals surface area (Å²) in [6.07, 6.45) is 5.38. The maximum Gasteiger partial charge on any atom is 0.0568 e. The maximum atomic E-state index is 9.15. The second-order valence-electron chi connectivity index (χ2n) is 2.65. The first-order valence-electron chi connectivity index (χ1n) is 3.30. The lowest BCUT2D eigenvalue weighted by Gasteiger charge is -2.23. The zero-order valence-electron chi connectivity index (χ0n) is 5.30. The molecule has 1 aliphatic rings. The number of rotatable bonds is 0. The molecule has 0 aromatic rings. The van der Waals surface area contributed by atoms with Crippen LogP contribution in [-0.4, -0.2) is 11.2 Å². The summed E-state index contributed by atoms with van der Waals surface area (Å²) < 4.78 is 0. The van der Waals surface area contributed by atoms with Crippen molar-refractivity contribution in [3.05, 3.63) is 6.42 Å². The summed E-state index contributed by atoms with van der Waals surface area (Å²) in [7, 11) is 0. The minimum Gasteiger partial charge on any atom is -0.393 e. The van der Waals surface area contributed by atoms with E-state index in [0.717, 1.165) is 6.42 Å². The van der Waals surface area contributed by atoms with Crippen LogP contribution in [0, 0.1) is 12.3 Å². The van der Waals surface area contributed by atoms with E-state index in [1.807, 2.05) is 0 Å². The molecule has 1 nitrogen and oxygen atoms in total. The van der Waals surface area contributed by atoms with E-state index >= 15 is 0 Å². The molecule has 1 rings (SSSR count).